The Morgan fingerprint density at radius 1 is 0.522 bits per heavy atom. The first-order valence-corrected chi connectivity index (χ1v) is 8.01. The lowest BCUT2D eigenvalue weighted by atomic mass is 9.86. The Hall–Kier alpha value is -2.86. The summed E-state index contributed by atoms with van der Waals surface area (Å²) in [5.41, 5.74) is 6.63. The molecule has 110 valence electrons. The van der Waals surface area contributed by atoms with Crippen molar-refractivity contribution in [3.05, 3.63) is 120 Å². The van der Waals surface area contributed by atoms with Crippen molar-refractivity contribution in [2.45, 2.75) is 5.92 Å². The van der Waals surface area contributed by atoms with E-state index < -0.39 is 0 Å². The van der Waals surface area contributed by atoms with Gasteiger partial charge in [-0.05, 0) is 27.8 Å². The van der Waals surface area contributed by atoms with Crippen LogP contribution in [0.1, 0.15) is 22.6 Å². The molecular weight excluding hydrogens is 276 g/mol. The van der Waals surface area contributed by atoms with E-state index >= 15 is 0 Å². The summed E-state index contributed by atoms with van der Waals surface area (Å²) < 4.78 is 0. The Labute approximate surface area is 137 Å². The van der Waals surface area contributed by atoms with Crippen molar-refractivity contribution >= 4 is 11.1 Å². The van der Waals surface area contributed by atoms with E-state index in [-0.39, 0.29) is 0 Å². The maximum absolute atomic E-state index is 2.32. The normalized spacial score (nSPS) is 16.8. The lowest BCUT2D eigenvalue weighted by molar-refractivity contribution is 1.12. The number of hydrogen-bond acceptors (Lipinski definition) is 0. The van der Waals surface area contributed by atoms with E-state index in [0.717, 1.165) is 0 Å². The van der Waals surface area contributed by atoms with Crippen molar-refractivity contribution in [1.82, 2.24) is 0 Å². The Kier molecular flexibility index (Phi) is 3.65. The minimum Gasteiger partial charge on any atom is -0.0720 e. The van der Waals surface area contributed by atoms with Gasteiger partial charge in [-0.25, -0.2) is 0 Å². The fourth-order valence-electron chi connectivity index (χ4n) is 3.31. The average Bonchev–Trinajstić information content (AvgIpc) is 3.09. The smallest absolute Gasteiger partial charge is 0.0284 e. The monoisotopic (exact) mass is 294 g/mol. The van der Waals surface area contributed by atoms with E-state index in [0.29, 0.717) is 5.92 Å². The first-order chi connectivity index (χ1) is 11.4. The van der Waals surface area contributed by atoms with Gasteiger partial charge >= 0.3 is 0 Å². The van der Waals surface area contributed by atoms with Gasteiger partial charge in [0.1, 0.15) is 0 Å². The van der Waals surface area contributed by atoms with Gasteiger partial charge in [-0.15, -0.1) is 0 Å². The van der Waals surface area contributed by atoms with Gasteiger partial charge in [-0.1, -0.05) is 103 Å². The summed E-state index contributed by atoms with van der Waals surface area (Å²) in [5, 5.41) is 0. The Morgan fingerprint density at radius 2 is 1.04 bits per heavy atom. The molecule has 0 aliphatic heterocycles. The van der Waals surface area contributed by atoms with Crippen LogP contribution in [0.5, 0.6) is 0 Å². The van der Waals surface area contributed by atoms with Gasteiger partial charge in [0.05, 0.1) is 0 Å². The van der Waals surface area contributed by atoms with Crippen LogP contribution in [0, 0.1) is 0 Å². The third kappa shape index (κ3) is 2.64. The van der Waals surface area contributed by atoms with Crippen LogP contribution < -0.4 is 0 Å². The molecule has 0 nitrogen and oxygen atoms in total. The van der Waals surface area contributed by atoms with Gasteiger partial charge in [0.2, 0.25) is 0 Å². The largest absolute Gasteiger partial charge is 0.0720 e. The molecule has 0 spiro atoms. The van der Waals surface area contributed by atoms with E-state index in [4.69, 9.17) is 0 Å². The number of hydrogen-bond donors (Lipinski definition) is 0. The molecule has 0 heteroatoms. The molecule has 4 rings (SSSR count). The zero-order chi connectivity index (χ0) is 15.5. The van der Waals surface area contributed by atoms with Crippen molar-refractivity contribution in [3.63, 3.8) is 0 Å². The molecule has 0 radical (unpaired) electrons. The van der Waals surface area contributed by atoms with Gasteiger partial charge in [-0.2, -0.15) is 0 Å². The number of rotatable bonds is 3. The molecule has 23 heavy (non-hydrogen) atoms. The summed E-state index contributed by atoms with van der Waals surface area (Å²) in [6.07, 6.45) is 4.59. The number of allylic oxidation sites excluding steroid dienone is 4. The molecule has 3 aromatic rings. The summed E-state index contributed by atoms with van der Waals surface area (Å²) in [4.78, 5) is 0. The first-order valence-electron chi connectivity index (χ1n) is 8.01. The second-order valence-electron chi connectivity index (χ2n) is 5.81. The van der Waals surface area contributed by atoms with E-state index in [1.165, 1.54) is 27.8 Å². The van der Waals surface area contributed by atoms with Crippen LogP contribution in [0.15, 0.2) is 103 Å². The summed E-state index contributed by atoms with van der Waals surface area (Å²) in [5.74, 6) is 0.314. The van der Waals surface area contributed by atoms with E-state index in [9.17, 15) is 0 Å². The molecule has 0 bridgehead atoms. The second-order valence-corrected chi connectivity index (χ2v) is 5.81. The predicted octanol–water partition coefficient (Wildman–Crippen LogP) is 5.95. The highest BCUT2D eigenvalue weighted by atomic mass is 14.3. The van der Waals surface area contributed by atoms with Crippen LogP contribution in [0.25, 0.3) is 11.1 Å². The quantitative estimate of drug-likeness (QED) is 0.560. The minimum atomic E-state index is 0.314. The maximum Gasteiger partial charge on any atom is 0.0284 e. The van der Waals surface area contributed by atoms with E-state index in [2.05, 4.69) is 103 Å². The fraction of sp³-hybridized carbons (Fsp3) is 0.0435. The zero-order valence-electron chi connectivity index (χ0n) is 12.9. The van der Waals surface area contributed by atoms with Crippen LogP contribution in [0.3, 0.4) is 0 Å². The Morgan fingerprint density at radius 3 is 1.65 bits per heavy atom. The summed E-state index contributed by atoms with van der Waals surface area (Å²) in [6.45, 7) is 0. The highest BCUT2D eigenvalue weighted by molar-refractivity contribution is 6.01. The third-order valence-electron chi connectivity index (χ3n) is 4.38. The molecule has 0 amide bonds. The zero-order valence-corrected chi connectivity index (χ0v) is 12.9. The third-order valence-corrected chi connectivity index (χ3v) is 4.38. The fourth-order valence-corrected chi connectivity index (χ4v) is 3.31. The van der Waals surface area contributed by atoms with Gasteiger partial charge in [0.25, 0.3) is 0 Å². The van der Waals surface area contributed by atoms with Crippen LogP contribution in [0.4, 0.5) is 0 Å². The molecule has 0 saturated heterocycles. The SMILES string of the molecule is C1=C[C@@H](c2ccccc2)C(c2ccccc2)=C1c1ccccc1. The molecule has 1 aliphatic rings. The molecular formula is C23H18. The van der Waals surface area contributed by atoms with Crippen LogP contribution >= 0.6 is 0 Å². The molecule has 0 aromatic heterocycles. The molecule has 3 aromatic carbocycles. The molecule has 0 heterocycles. The summed E-state index contributed by atoms with van der Waals surface area (Å²) >= 11 is 0. The highest BCUT2D eigenvalue weighted by Crippen LogP contribution is 2.44. The van der Waals surface area contributed by atoms with Crippen LogP contribution in [-0.2, 0) is 0 Å². The Bertz CT molecular complexity index is 840. The van der Waals surface area contributed by atoms with Gasteiger partial charge < -0.3 is 0 Å². The van der Waals surface area contributed by atoms with Gasteiger partial charge in [0, 0.05) is 5.92 Å². The van der Waals surface area contributed by atoms with Crippen molar-refractivity contribution in [2.24, 2.45) is 0 Å². The molecule has 1 atom stereocenters. The average molecular weight is 294 g/mol. The van der Waals surface area contributed by atoms with Gasteiger partial charge in [0.15, 0.2) is 0 Å². The van der Waals surface area contributed by atoms with Crippen LogP contribution in [-0.4, -0.2) is 0 Å². The molecule has 0 N–H and O–H groups in total. The van der Waals surface area contributed by atoms with Crippen molar-refractivity contribution in [1.29, 1.82) is 0 Å². The first kappa shape index (κ1) is 13.8. The lowest BCUT2D eigenvalue weighted by Crippen LogP contribution is -1.98. The van der Waals surface area contributed by atoms with Crippen molar-refractivity contribution in [2.75, 3.05) is 0 Å². The minimum absolute atomic E-state index is 0.314. The Balaban J connectivity index is 1.90. The van der Waals surface area contributed by atoms with E-state index in [1.807, 2.05) is 0 Å². The van der Waals surface area contributed by atoms with Crippen LogP contribution in [0.2, 0.25) is 0 Å². The molecule has 0 saturated carbocycles. The van der Waals surface area contributed by atoms with Crippen molar-refractivity contribution < 1.29 is 0 Å². The molecule has 0 unspecified atom stereocenters. The molecule has 0 fully saturated rings. The molecule has 1 aliphatic carbocycles. The standard InChI is InChI=1S/C23H18/c1-4-10-18(11-5-1)21-16-17-22(19-12-6-2-7-13-19)23(21)20-14-8-3-9-15-20/h1-17,21H/t21-/m0/s1. The van der Waals surface area contributed by atoms with Crippen molar-refractivity contribution in [3.8, 4) is 0 Å². The second kappa shape index (κ2) is 6.10. The lowest BCUT2D eigenvalue weighted by Gasteiger charge is -2.17. The topological polar surface area (TPSA) is 0 Å². The maximum atomic E-state index is 2.32. The predicted molar refractivity (Wildman–Crippen MR) is 98.0 cm³/mol. The number of benzene rings is 3. The van der Waals surface area contributed by atoms with E-state index in [1.54, 1.807) is 0 Å². The summed E-state index contributed by atoms with van der Waals surface area (Å²) in [6, 6.07) is 32.1. The van der Waals surface area contributed by atoms with Gasteiger partial charge in [-0.3, -0.25) is 0 Å². The highest BCUT2D eigenvalue weighted by Gasteiger charge is 2.23. The summed E-state index contributed by atoms with van der Waals surface area (Å²) in [7, 11) is 0.